The van der Waals surface area contributed by atoms with Crippen LogP contribution < -0.4 is 5.73 Å². The SMILES string of the molecule is Cl.Cl.N[C@@H]1CCC[C@H]1CC(=O)N1CCCN(CC2CCCCC2)CC1. The lowest BCUT2D eigenvalue weighted by Crippen LogP contribution is -2.38. The highest BCUT2D eigenvalue weighted by Gasteiger charge is 2.29. The molecule has 3 aliphatic rings. The molecule has 0 spiro atoms. The third kappa shape index (κ3) is 6.89. The molecule has 3 rings (SSSR count). The van der Waals surface area contributed by atoms with E-state index < -0.39 is 0 Å². The summed E-state index contributed by atoms with van der Waals surface area (Å²) >= 11 is 0. The number of halogens is 2. The van der Waals surface area contributed by atoms with Gasteiger partial charge in [-0.25, -0.2) is 0 Å². The molecule has 2 saturated carbocycles. The Bertz CT molecular complexity index is 391. The van der Waals surface area contributed by atoms with E-state index in [2.05, 4.69) is 9.80 Å². The van der Waals surface area contributed by atoms with E-state index in [0.29, 0.717) is 18.2 Å². The number of nitrogens with zero attached hydrogens (tertiary/aromatic N) is 2. The second-order valence-electron chi connectivity index (χ2n) is 8.10. The lowest BCUT2D eigenvalue weighted by atomic mass is 9.89. The van der Waals surface area contributed by atoms with Crippen LogP contribution in [-0.4, -0.2) is 54.5 Å². The predicted octanol–water partition coefficient (Wildman–Crippen LogP) is 3.46. The number of hydrogen-bond acceptors (Lipinski definition) is 3. The maximum absolute atomic E-state index is 12.6. The Morgan fingerprint density at radius 1 is 0.840 bits per heavy atom. The molecule has 0 aromatic carbocycles. The molecule has 2 N–H and O–H groups in total. The van der Waals surface area contributed by atoms with E-state index in [9.17, 15) is 4.79 Å². The predicted molar refractivity (Wildman–Crippen MR) is 109 cm³/mol. The van der Waals surface area contributed by atoms with Crippen molar-refractivity contribution in [2.45, 2.75) is 70.3 Å². The van der Waals surface area contributed by atoms with Gasteiger partial charge in [-0.1, -0.05) is 25.7 Å². The first-order valence-corrected chi connectivity index (χ1v) is 9.98. The van der Waals surface area contributed by atoms with E-state index in [-0.39, 0.29) is 30.9 Å². The Morgan fingerprint density at radius 2 is 1.60 bits per heavy atom. The van der Waals surface area contributed by atoms with E-state index in [1.807, 2.05) is 0 Å². The molecule has 0 aromatic heterocycles. The topological polar surface area (TPSA) is 49.6 Å². The average molecular weight is 394 g/mol. The fourth-order valence-corrected chi connectivity index (χ4v) is 4.81. The minimum atomic E-state index is 0. The van der Waals surface area contributed by atoms with Crippen molar-refractivity contribution in [1.82, 2.24) is 9.80 Å². The Hall–Kier alpha value is -0.0300. The molecule has 1 saturated heterocycles. The summed E-state index contributed by atoms with van der Waals surface area (Å²) in [5, 5.41) is 0. The standard InChI is InChI=1S/C19H35N3O.2ClH/c20-18-9-4-8-17(18)14-19(23)22-11-5-10-21(12-13-22)15-16-6-2-1-3-7-16;;/h16-18H,1-15,20H2;2*1H/t17-,18+;;/m0../s1. The van der Waals surface area contributed by atoms with Gasteiger partial charge in [-0.2, -0.15) is 0 Å². The van der Waals surface area contributed by atoms with Crippen LogP contribution >= 0.6 is 24.8 Å². The van der Waals surface area contributed by atoms with Gasteiger partial charge in [0.15, 0.2) is 0 Å². The van der Waals surface area contributed by atoms with Gasteiger partial charge < -0.3 is 15.5 Å². The van der Waals surface area contributed by atoms with Gasteiger partial charge in [0, 0.05) is 38.6 Å². The molecule has 0 bridgehead atoms. The van der Waals surface area contributed by atoms with Crippen LogP contribution in [0.1, 0.15) is 64.2 Å². The Balaban J connectivity index is 0.00000156. The van der Waals surface area contributed by atoms with Crippen LogP contribution in [0.2, 0.25) is 0 Å². The van der Waals surface area contributed by atoms with Crippen molar-refractivity contribution in [2.75, 3.05) is 32.7 Å². The summed E-state index contributed by atoms with van der Waals surface area (Å²) in [5.41, 5.74) is 6.13. The highest BCUT2D eigenvalue weighted by Crippen LogP contribution is 2.28. The van der Waals surface area contributed by atoms with Gasteiger partial charge in [-0.3, -0.25) is 4.79 Å². The normalized spacial score (nSPS) is 28.8. The first-order valence-electron chi connectivity index (χ1n) is 9.98. The largest absolute Gasteiger partial charge is 0.341 e. The maximum Gasteiger partial charge on any atom is 0.222 e. The molecule has 1 aliphatic heterocycles. The van der Waals surface area contributed by atoms with Gasteiger partial charge in [-0.05, 0) is 50.5 Å². The van der Waals surface area contributed by atoms with E-state index in [0.717, 1.165) is 44.8 Å². The third-order valence-electron chi connectivity index (χ3n) is 6.34. The molecular weight excluding hydrogens is 357 g/mol. The molecule has 148 valence electrons. The first kappa shape index (κ1) is 23.0. The Morgan fingerprint density at radius 3 is 2.28 bits per heavy atom. The fourth-order valence-electron chi connectivity index (χ4n) is 4.81. The van der Waals surface area contributed by atoms with Crippen LogP contribution in [-0.2, 0) is 4.79 Å². The van der Waals surface area contributed by atoms with Crippen LogP contribution in [0.3, 0.4) is 0 Å². The number of hydrogen-bond donors (Lipinski definition) is 1. The van der Waals surface area contributed by atoms with Crippen molar-refractivity contribution in [3.63, 3.8) is 0 Å². The molecule has 1 heterocycles. The second kappa shape index (κ2) is 11.6. The molecule has 2 aliphatic carbocycles. The van der Waals surface area contributed by atoms with Gasteiger partial charge in [0.1, 0.15) is 0 Å². The zero-order valence-corrected chi connectivity index (χ0v) is 17.2. The van der Waals surface area contributed by atoms with Crippen LogP contribution in [0, 0.1) is 11.8 Å². The monoisotopic (exact) mass is 393 g/mol. The van der Waals surface area contributed by atoms with Crippen molar-refractivity contribution in [3.8, 4) is 0 Å². The van der Waals surface area contributed by atoms with Gasteiger partial charge >= 0.3 is 0 Å². The molecule has 3 fully saturated rings. The van der Waals surface area contributed by atoms with E-state index >= 15 is 0 Å². The summed E-state index contributed by atoms with van der Waals surface area (Å²) in [5.74, 6) is 1.69. The summed E-state index contributed by atoms with van der Waals surface area (Å²) in [7, 11) is 0. The average Bonchev–Trinajstić information content (AvgIpc) is 2.82. The summed E-state index contributed by atoms with van der Waals surface area (Å²) < 4.78 is 0. The molecule has 25 heavy (non-hydrogen) atoms. The zero-order chi connectivity index (χ0) is 16.1. The molecular formula is C19H37Cl2N3O. The van der Waals surface area contributed by atoms with Crippen molar-refractivity contribution in [2.24, 2.45) is 17.6 Å². The lowest BCUT2D eigenvalue weighted by molar-refractivity contribution is -0.132. The van der Waals surface area contributed by atoms with Crippen molar-refractivity contribution in [3.05, 3.63) is 0 Å². The fraction of sp³-hybridized carbons (Fsp3) is 0.947. The summed E-state index contributed by atoms with van der Waals surface area (Å²) in [4.78, 5) is 17.3. The van der Waals surface area contributed by atoms with Crippen molar-refractivity contribution in [1.29, 1.82) is 0 Å². The maximum atomic E-state index is 12.6. The minimum Gasteiger partial charge on any atom is -0.341 e. The van der Waals surface area contributed by atoms with E-state index in [1.165, 1.54) is 51.6 Å². The molecule has 0 radical (unpaired) electrons. The molecule has 2 atom stereocenters. The molecule has 1 amide bonds. The van der Waals surface area contributed by atoms with E-state index in [4.69, 9.17) is 5.73 Å². The Labute approximate surface area is 166 Å². The lowest BCUT2D eigenvalue weighted by Gasteiger charge is -2.29. The number of amides is 1. The number of rotatable bonds is 4. The number of carbonyl (C=O) groups excluding carboxylic acids is 1. The van der Waals surface area contributed by atoms with E-state index in [1.54, 1.807) is 0 Å². The zero-order valence-electron chi connectivity index (χ0n) is 15.5. The summed E-state index contributed by atoms with van der Waals surface area (Å²) in [6.45, 7) is 5.37. The van der Waals surface area contributed by atoms with Crippen LogP contribution in [0.4, 0.5) is 0 Å². The third-order valence-corrected chi connectivity index (χ3v) is 6.34. The highest BCUT2D eigenvalue weighted by atomic mass is 35.5. The molecule has 0 aromatic rings. The number of nitrogens with two attached hydrogens (primary N) is 1. The van der Waals surface area contributed by atoms with Crippen LogP contribution in [0.15, 0.2) is 0 Å². The molecule has 6 heteroatoms. The van der Waals surface area contributed by atoms with Crippen LogP contribution in [0.25, 0.3) is 0 Å². The first-order chi connectivity index (χ1) is 11.2. The van der Waals surface area contributed by atoms with Gasteiger partial charge in [0.25, 0.3) is 0 Å². The smallest absolute Gasteiger partial charge is 0.222 e. The van der Waals surface area contributed by atoms with Crippen LogP contribution in [0.5, 0.6) is 0 Å². The summed E-state index contributed by atoms with van der Waals surface area (Å²) in [6, 6.07) is 0.258. The molecule has 4 nitrogen and oxygen atoms in total. The summed E-state index contributed by atoms with van der Waals surface area (Å²) in [6.07, 6.45) is 12.4. The van der Waals surface area contributed by atoms with Gasteiger partial charge in [0.05, 0.1) is 0 Å². The quantitative estimate of drug-likeness (QED) is 0.795. The van der Waals surface area contributed by atoms with Gasteiger partial charge in [-0.15, -0.1) is 24.8 Å². The van der Waals surface area contributed by atoms with Crippen molar-refractivity contribution >= 4 is 30.7 Å². The second-order valence-corrected chi connectivity index (χ2v) is 8.10. The highest BCUT2D eigenvalue weighted by molar-refractivity contribution is 5.85. The minimum absolute atomic E-state index is 0. The van der Waals surface area contributed by atoms with Crippen molar-refractivity contribution < 1.29 is 4.79 Å². The molecule has 0 unspecified atom stereocenters. The Kier molecular flexibility index (Phi) is 10.7. The number of carbonyl (C=O) groups is 1. The van der Waals surface area contributed by atoms with Gasteiger partial charge in [0.2, 0.25) is 5.91 Å².